The molecule has 0 spiro atoms. The van der Waals surface area contributed by atoms with E-state index in [2.05, 4.69) is 28.5 Å². The van der Waals surface area contributed by atoms with Crippen LogP contribution in [0.15, 0.2) is 17.5 Å². The molecule has 1 saturated heterocycles. The maximum absolute atomic E-state index is 12.2. The summed E-state index contributed by atoms with van der Waals surface area (Å²) in [4.78, 5) is 15.7. The van der Waals surface area contributed by atoms with Crippen molar-refractivity contribution in [3.63, 3.8) is 0 Å². The number of hydrogen-bond acceptors (Lipinski definition) is 4. The van der Waals surface area contributed by atoms with E-state index in [-0.39, 0.29) is 11.9 Å². The molecule has 0 aliphatic carbocycles. The summed E-state index contributed by atoms with van der Waals surface area (Å²) in [5, 5.41) is 8.66. The van der Waals surface area contributed by atoms with Crippen molar-refractivity contribution >= 4 is 17.2 Å². The molecule has 21 heavy (non-hydrogen) atoms. The molecule has 1 aliphatic heterocycles. The largest absolute Gasteiger partial charge is 0.348 e. The van der Waals surface area contributed by atoms with Crippen LogP contribution in [0.25, 0.3) is 0 Å². The number of nitrogens with zero attached hydrogens (tertiary/aromatic N) is 1. The first-order valence-corrected chi connectivity index (χ1v) is 8.85. The Morgan fingerprint density at radius 3 is 3.10 bits per heavy atom. The first kappa shape index (κ1) is 16.5. The summed E-state index contributed by atoms with van der Waals surface area (Å²) in [6.07, 6.45) is 3.57. The Bertz CT molecular complexity index is 415. The van der Waals surface area contributed by atoms with E-state index in [9.17, 15) is 4.79 Å². The van der Waals surface area contributed by atoms with E-state index in [4.69, 9.17) is 0 Å². The SMILES string of the molecule is CCCN(CC(=O)NC(C)c1cccs1)CC1CCCN1. The molecule has 2 heterocycles. The molecule has 2 atom stereocenters. The predicted molar refractivity (Wildman–Crippen MR) is 88.6 cm³/mol. The van der Waals surface area contributed by atoms with Crippen LogP contribution in [0.2, 0.25) is 0 Å². The minimum absolute atomic E-state index is 0.102. The minimum Gasteiger partial charge on any atom is -0.348 e. The van der Waals surface area contributed by atoms with E-state index in [0.29, 0.717) is 12.6 Å². The lowest BCUT2D eigenvalue weighted by Crippen LogP contribution is -2.43. The highest BCUT2D eigenvalue weighted by atomic mass is 32.1. The molecule has 2 N–H and O–H groups in total. The van der Waals surface area contributed by atoms with Crippen molar-refractivity contribution in [3.8, 4) is 0 Å². The summed E-state index contributed by atoms with van der Waals surface area (Å²) >= 11 is 1.69. The van der Waals surface area contributed by atoms with Crippen molar-refractivity contribution in [2.24, 2.45) is 0 Å². The summed E-state index contributed by atoms with van der Waals surface area (Å²) in [7, 11) is 0. The van der Waals surface area contributed by atoms with E-state index >= 15 is 0 Å². The van der Waals surface area contributed by atoms with Gasteiger partial charge < -0.3 is 10.6 Å². The fraction of sp³-hybridized carbons (Fsp3) is 0.688. The second kappa shape index (κ2) is 8.51. The molecule has 5 heteroatoms. The van der Waals surface area contributed by atoms with E-state index < -0.39 is 0 Å². The molecule has 0 aromatic carbocycles. The average molecular weight is 309 g/mol. The van der Waals surface area contributed by atoms with Crippen LogP contribution in [0, 0.1) is 0 Å². The number of amides is 1. The van der Waals surface area contributed by atoms with E-state index in [1.807, 2.05) is 18.4 Å². The molecule has 1 amide bonds. The quantitative estimate of drug-likeness (QED) is 0.775. The average Bonchev–Trinajstić information content (AvgIpc) is 3.11. The molecular formula is C16H27N3OS. The molecule has 0 bridgehead atoms. The van der Waals surface area contributed by atoms with Gasteiger partial charge in [0.25, 0.3) is 0 Å². The standard InChI is InChI=1S/C16H27N3OS/c1-3-9-19(11-14-6-4-8-17-14)12-16(20)18-13(2)15-7-5-10-21-15/h5,7,10,13-14,17H,3-4,6,8-9,11-12H2,1-2H3,(H,18,20). The van der Waals surface area contributed by atoms with Crippen LogP contribution in [-0.4, -0.2) is 43.0 Å². The highest BCUT2D eigenvalue weighted by Crippen LogP contribution is 2.18. The van der Waals surface area contributed by atoms with Crippen LogP contribution >= 0.6 is 11.3 Å². The zero-order valence-corrected chi connectivity index (χ0v) is 13.9. The Balaban J connectivity index is 1.79. The van der Waals surface area contributed by atoms with Gasteiger partial charge in [-0.05, 0) is 50.7 Å². The zero-order valence-electron chi connectivity index (χ0n) is 13.1. The van der Waals surface area contributed by atoms with Crippen LogP contribution in [0.3, 0.4) is 0 Å². The van der Waals surface area contributed by atoms with Crippen molar-refractivity contribution < 1.29 is 4.79 Å². The van der Waals surface area contributed by atoms with E-state index in [0.717, 1.165) is 26.1 Å². The second-order valence-electron chi connectivity index (χ2n) is 5.83. The monoisotopic (exact) mass is 309 g/mol. The highest BCUT2D eigenvalue weighted by Gasteiger charge is 2.20. The number of carbonyl (C=O) groups is 1. The fourth-order valence-corrected chi connectivity index (χ4v) is 3.61. The first-order chi connectivity index (χ1) is 10.2. The minimum atomic E-state index is 0.102. The smallest absolute Gasteiger partial charge is 0.234 e. The molecule has 118 valence electrons. The van der Waals surface area contributed by atoms with E-state index in [1.54, 1.807) is 11.3 Å². The molecule has 1 aromatic rings. The Hall–Kier alpha value is -0.910. The molecule has 1 fully saturated rings. The Kier molecular flexibility index (Phi) is 6.67. The highest BCUT2D eigenvalue weighted by molar-refractivity contribution is 7.10. The van der Waals surface area contributed by atoms with Crippen molar-refractivity contribution in [3.05, 3.63) is 22.4 Å². The lowest BCUT2D eigenvalue weighted by Gasteiger charge is -2.25. The van der Waals surface area contributed by atoms with Gasteiger partial charge in [-0.3, -0.25) is 9.69 Å². The molecular weight excluding hydrogens is 282 g/mol. The topological polar surface area (TPSA) is 44.4 Å². The van der Waals surface area contributed by atoms with Crippen molar-refractivity contribution in [1.82, 2.24) is 15.5 Å². The summed E-state index contributed by atoms with van der Waals surface area (Å²) in [6, 6.07) is 4.75. The summed E-state index contributed by atoms with van der Waals surface area (Å²) < 4.78 is 0. The summed E-state index contributed by atoms with van der Waals surface area (Å²) in [6.45, 7) is 7.80. The molecule has 1 aromatic heterocycles. The number of rotatable bonds is 8. The Morgan fingerprint density at radius 2 is 2.48 bits per heavy atom. The summed E-state index contributed by atoms with van der Waals surface area (Å²) in [5.74, 6) is 0.127. The number of carbonyl (C=O) groups excluding carboxylic acids is 1. The van der Waals surface area contributed by atoms with Gasteiger partial charge in [0.15, 0.2) is 0 Å². The predicted octanol–water partition coefficient (Wildman–Crippen LogP) is 2.39. The Morgan fingerprint density at radius 1 is 1.62 bits per heavy atom. The van der Waals surface area contributed by atoms with E-state index in [1.165, 1.54) is 17.7 Å². The van der Waals surface area contributed by atoms with Crippen LogP contribution in [-0.2, 0) is 4.79 Å². The van der Waals surface area contributed by atoms with Gasteiger partial charge >= 0.3 is 0 Å². The lowest BCUT2D eigenvalue weighted by molar-refractivity contribution is -0.122. The van der Waals surface area contributed by atoms with Crippen LogP contribution < -0.4 is 10.6 Å². The van der Waals surface area contributed by atoms with Crippen LogP contribution in [0.1, 0.15) is 44.0 Å². The molecule has 1 aliphatic rings. The summed E-state index contributed by atoms with van der Waals surface area (Å²) in [5.41, 5.74) is 0. The third-order valence-corrected chi connectivity index (χ3v) is 4.95. The maximum Gasteiger partial charge on any atom is 0.234 e. The third-order valence-electron chi connectivity index (χ3n) is 3.90. The van der Waals surface area contributed by atoms with Gasteiger partial charge in [-0.15, -0.1) is 11.3 Å². The third kappa shape index (κ3) is 5.41. The maximum atomic E-state index is 12.2. The van der Waals surface area contributed by atoms with Gasteiger partial charge in [-0.1, -0.05) is 13.0 Å². The van der Waals surface area contributed by atoms with Crippen molar-refractivity contribution in [2.75, 3.05) is 26.2 Å². The van der Waals surface area contributed by atoms with Gasteiger partial charge in [0.1, 0.15) is 0 Å². The Labute approximate surface area is 131 Å². The fourth-order valence-electron chi connectivity index (χ4n) is 2.87. The van der Waals surface area contributed by atoms with Gasteiger partial charge in [-0.25, -0.2) is 0 Å². The number of hydrogen-bond donors (Lipinski definition) is 2. The molecule has 2 rings (SSSR count). The first-order valence-electron chi connectivity index (χ1n) is 7.97. The number of thiophene rings is 1. The van der Waals surface area contributed by atoms with Crippen molar-refractivity contribution in [1.29, 1.82) is 0 Å². The molecule has 4 nitrogen and oxygen atoms in total. The lowest BCUT2D eigenvalue weighted by atomic mass is 10.2. The molecule has 0 saturated carbocycles. The zero-order chi connectivity index (χ0) is 15.1. The molecule has 2 unspecified atom stereocenters. The van der Waals surface area contributed by atoms with Crippen molar-refractivity contribution in [2.45, 2.75) is 45.2 Å². The van der Waals surface area contributed by atoms with Gasteiger partial charge in [-0.2, -0.15) is 0 Å². The van der Waals surface area contributed by atoms with Gasteiger partial charge in [0, 0.05) is 17.5 Å². The van der Waals surface area contributed by atoms with Gasteiger partial charge in [0.2, 0.25) is 5.91 Å². The second-order valence-corrected chi connectivity index (χ2v) is 6.81. The normalized spacial score (nSPS) is 19.9. The van der Waals surface area contributed by atoms with Crippen LogP contribution in [0.4, 0.5) is 0 Å². The van der Waals surface area contributed by atoms with Crippen LogP contribution in [0.5, 0.6) is 0 Å². The molecule has 0 radical (unpaired) electrons. The number of nitrogens with one attached hydrogen (secondary N) is 2. The van der Waals surface area contributed by atoms with Gasteiger partial charge in [0.05, 0.1) is 12.6 Å².